The molecule has 0 radical (unpaired) electrons. The Bertz CT molecular complexity index is 1780. The summed E-state index contributed by atoms with van der Waals surface area (Å²) in [7, 11) is 0. The van der Waals surface area contributed by atoms with Gasteiger partial charge in [-0.05, 0) is 44.9 Å². The fourth-order valence-electron chi connectivity index (χ4n) is 13.1. The van der Waals surface area contributed by atoms with Gasteiger partial charge in [0.2, 0.25) is 5.91 Å². The molecular weight excluding hydrogens is 1190 g/mol. The molecule has 0 aromatic heterocycles. The fourth-order valence-corrected chi connectivity index (χ4v) is 13.1. The molecule has 3 rings (SSSR count). The van der Waals surface area contributed by atoms with E-state index in [2.05, 4.69) is 43.5 Å². The molecule has 0 saturated carbocycles. The maximum Gasteiger partial charge on any atom is 0.220 e. The van der Waals surface area contributed by atoms with Crippen molar-refractivity contribution in [2.45, 2.75) is 413 Å². The maximum absolute atomic E-state index is 13.5. The molecule has 0 aromatic carbocycles. The predicted octanol–water partition coefficient (Wildman–Crippen LogP) is 11.4. The van der Waals surface area contributed by atoms with Crippen LogP contribution in [-0.2, 0) is 33.2 Å². The molecular formula is C74H139NO18. The second-order valence-electron chi connectivity index (χ2n) is 27.5. The second-order valence-corrected chi connectivity index (χ2v) is 27.5. The summed E-state index contributed by atoms with van der Waals surface area (Å²) in [4.78, 5) is 13.5. The van der Waals surface area contributed by atoms with Crippen molar-refractivity contribution in [3.8, 4) is 0 Å². The van der Waals surface area contributed by atoms with Gasteiger partial charge in [-0.2, -0.15) is 0 Å². The number of hydrogen-bond acceptors (Lipinski definition) is 18. The summed E-state index contributed by atoms with van der Waals surface area (Å²) in [5.74, 6) is -0.243. The molecule has 0 aliphatic carbocycles. The molecule has 0 aromatic rings. The molecule has 1 amide bonds. The van der Waals surface area contributed by atoms with Gasteiger partial charge < -0.3 is 89.9 Å². The molecule has 0 bridgehead atoms. The number of carbonyl (C=O) groups excluding carboxylic acids is 1. The summed E-state index contributed by atoms with van der Waals surface area (Å²) in [5.41, 5.74) is 0. The highest BCUT2D eigenvalue weighted by molar-refractivity contribution is 5.76. The zero-order valence-electron chi connectivity index (χ0n) is 58.3. The summed E-state index contributed by atoms with van der Waals surface area (Å²) < 4.78 is 34.5. The highest BCUT2D eigenvalue weighted by Crippen LogP contribution is 2.33. The van der Waals surface area contributed by atoms with Crippen molar-refractivity contribution >= 4 is 5.91 Å². The summed E-state index contributed by atoms with van der Waals surface area (Å²) >= 11 is 0. The zero-order chi connectivity index (χ0) is 67.5. The number of rotatable bonds is 60. The van der Waals surface area contributed by atoms with E-state index < -0.39 is 124 Å². The van der Waals surface area contributed by atoms with E-state index in [4.69, 9.17) is 28.4 Å². The van der Waals surface area contributed by atoms with Crippen molar-refractivity contribution in [3.63, 3.8) is 0 Å². The molecule has 3 aliphatic rings. The first kappa shape index (κ1) is 85.5. The molecule has 0 spiro atoms. The second kappa shape index (κ2) is 56.1. The summed E-state index contributed by atoms with van der Waals surface area (Å²) in [6, 6.07) is -0.890. The Hall–Kier alpha value is -1.73. The first-order valence-corrected chi connectivity index (χ1v) is 38.1. The van der Waals surface area contributed by atoms with Gasteiger partial charge in [0.05, 0.1) is 38.6 Å². The van der Waals surface area contributed by atoms with Crippen LogP contribution in [0.15, 0.2) is 24.3 Å². The van der Waals surface area contributed by atoms with E-state index in [9.17, 15) is 61.0 Å². The lowest BCUT2D eigenvalue weighted by molar-refractivity contribution is -0.379. The van der Waals surface area contributed by atoms with Crippen LogP contribution in [0.25, 0.3) is 0 Å². The Morgan fingerprint density at radius 2 is 0.710 bits per heavy atom. The van der Waals surface area contributed by atoms with E-state index in [-0.39, 0.29) is 18.9 Å². The average molecular weight is 1330 g/mol. The van der Waals surface area contributed by atoms with E-state index in [1.54, 1.807) is 0 Å². The van der Waals surface area contributed by atoms with E-state index in [0.29, 0.717) is 12.8 Å². The number of aliphatic hydroxyl groups is 11. The molecule has 3 heterocycles. The third-order valence-corrected chi connectivity index (χ3v) is 19.3. The number of hydrogen-bond donors (Lipinski definition) is 12. The number of ether oxygens (including phenoxy) is 6. The van der Waals surface area contributed by atoms with Gasteiger partial charge in [-0.15, -0.1) is 0 Å². The normalized spacial score (nSPS) is 27.6. The Morgan fingerprint density at radius 1 is 0.387 bits per heavy atom. The molecule has 93 heavy (non-hydrogen) atoms. The van der Waals surface area contributed by atoms with Gasteiger partial charge >= 0.3 is 0 Å². The number of carbonyl (C=O) groups is 1. The lowest BCUT2D eigenvalue weighted by atomic mass is 9.96. The van der Waals surface area contributed by atoms with Crippen molar-refractivity contribution in [1.29, 1.82) is 0 Å². The van der Waals surface area contributed by atoms with Crippen LogP contribution in [0.2, 0.25) is 0 Å². The number of aliphatic hydroxyl groups excluding tert-OH is 11. The molecule has 17 atom stereocenters. The van der Waals surface area contributed by atoms with Gasteiger partial charge in [-0.1, -0.05) is 282 Å². The molecule has 19 heteroatoms. The molecule has 3 aliphatic heterocycles. The number of nitrogens with one attached hydrogen (secondary N) is 1. The van der Waals surface area contributed by atoms with E-state index in [1.165, 1.54) is 218 Å². The lowest BCUT2D eigenvalue weighted by Gasteiger charge is -2.48. The average Bonchev–Trinajstić information content (AvgIpc) is 1.48. The van der Waals surface area contributed by atoms with E-state index in [0.717, 1.165) is 57.8 Å². The topological polar surface area (TPSA) is 307 Å². The van der Waals surface area contributed by atoms with Crippen LogP contribution >= 0.6 is 0 Å². The SMILES string of the molecule is CCCCCCC/C=C\C/C=C\CCCCCCCCCCCC(=O)NC(COC1OC(CO)C(OC2OC(CO)C(OC3OC(CO)C(O)C(O)C3O)C(O)C2O)C(O)C1O)C(O)CCCCCCCCCCCCCCCCCCCCCCCCCCCCC. The fraction of sp³-hybridized carbons (Fsp3) is 0.932. The number of unbranched alkanes of at least 4 members (excludes halogenated alkanes) is 40. The van der Waals surface area contributed by atoms with E-state index in [1.807, 2.05) is 0 Å². The first-order chi connectivity index (χ1) is 45.3. The van der Waals surface area contributed by atoms with Crippen LogP contribution in [0, 0.1) is 0 Å². The first-order valence-electron chi connectivity index (χ1n) is 38.1. The largest absolute Gasteiger partial charge is 0.394 e. The summed E-state index contributed by atoms with van der Waals surface area (Å²) in [5, 5.41) is 121. The predicted molar refractivity (Wildman–Crippen MR) is 365 cm³/mol. The Kier molecular flexibility index (Phi) is 51.5. The maximum atomic E-state index is 13.5. The van der Waals surface area contributed by atoms with Gasteiger partial charge in [-0.3, -0.25) is 4.79 Å². The van der Waals surface area contributed by atoms with Crippen LogP contribution in [-0.4, -0.2) is 193 Å². The lowest BCUT2D eigenvalue weighted by Crippen LogP contribution is -2.66. The van der Waals surface area contributed by atoms with Crippen LogP contribution in [0.5, 0.6) is 0 Å². The standard InChI is InChI=1S/C74H139NO18/c1-3-5-7-9-11-13-15-17-19-21-23-25-26-27-28-29-30-32-33-35-37-39-41-43-45-47-49-51-58(79)57(75-62(80)52-50-48-46-44-42-40-38-36-34-31-24-22-20-18-16-14-12-10-8-6-4-2)56-88-72-68(86)65(83)70(60(54-77)90-72)93-74-69(87)66(84)71(61(55-78)91-74)92-73-67(85)64(82)63(81)59(53-76)89-73/h16,18,22,24,57-61,63-74,76-79,81-87H,3-15,17,19-21,23,25-56H2,1-2H3,(H,75,80)/b18-16-,24-22-. The minimum absolute atomic E-state index is 0.243. The molecule has 19 nitrogen and oxygen atoms in total. The van der Waals surface area contributed by atoms with Crippen molar-refractivity contribution < 1.29 is 89.4 Å². The quantitative estimate of drug-likeness (QED) is 0.0199. The van der Waals surface area contributed by atoms with Crippen molar-refractivity contribution in [2.24, 2.45) is 0 Å². The molecule has 17 unspecified atom stereocenters. The number of allylic oxidation sites excluding steroid dienone is 4. The van der Waals surface area contributed by atoms with Gasteiger partial charge in [0, 0.05) is 6.42 Å². The van der Waals surface area contributed by atoms with Gasteiger partial charge in [0.15, 0.2) is 18.9 Å². The van der Waals surface area contributed by atoms with Gasteiger partial charge in [0.1, 0.15) is 73.2 Å². The van der Waals surface area contributed by atoms with Crippen molar-refractivity contribution in [1.82, 2.24) is 5.32 Å². The molecule has 548 valence electrons. The molecule has 3 fully saturated rings. The van der Waals surface area contributed by atoms with Crippen molar-refractivity contribution in [2.75, 3.05) is 26.4 Å². The van der Waals surface area contributed by atoms with Crippen LogP contribution in [0.1, 0.15) is 309 Å². The highest BCUT2D eigenvalue weighted by atomic mass is 16.8. The zero-order valence-corrected chi connectivity index (χ0v) is 58.3. The smallest absolute Gasteiger partial charge is 0.220 e. The Balaban J connectivity index is 1.39. The monoisotopic (exact) mass is 1330 g/mol. The Morgan fingerprint density at radius 3 is 1.10 bits per heavy atom. The van der Waals surface area contributed by atoms with E-state index >= 15 is 0 Å². The third kappa shape index (κ3) is 37.3. The number of amides is 1. The van der Waals surface area contributed by atoms with Crippen molar-refractivity contribution in [3.05, 3.63) is 24.3 Å². The van der Waals surface area contributed by atoms with Gasteiger partial charge in [-0.25, -0.2) is 0 Å². The minimum Gasteiger partial charge on any atom is -0.394 e. The highest BCUT2D eigenvalue weighted by Gasteiger charge is 2.53. The van der Waals surface area contributed by atoms with Crippen LogP contribution in [0.3, 0.4) is 0 Å². The molecule has 12 N–H and O–H groups in total. The Labute approximate surface area is 562 Å². The third-order valence-electron chi connectivity index (χ3n) is 19.3. The molecule has 3 saturated heterocycles. The summed E-state index contributed by atoms with van der Waals surface area (Å²) in [6.45, 7) is 1.83. The van der Waals surface area contributed by atoms with Crippen LogP contribution in [0.4, 0.5) is 0 Å². The minimum atomic E-state index is -1.97. The summed E-state index contributed by atoms with van der Waals surface area (Å²) in [6.07, 6.45) is 38.3. The van der Waals surface area contributed by atoms with Crippen LogP contribution < -0.4 is 5.32 Å². The van der Waals surface area contributed by atoms with Gasteiger partial charge in [0.25, 0.3) is 0 Å².